The lowest BCUT2D eigenvalue weighted by Gasteiger charge is -2.16. The maximum atomic E-state index is 11.3. The Kier molecular flexibility index (Phi) is 6.28. The lowest BCUT2D eigenvalue weighted by molar-refractivity contribution is -0.137. The van der Waals surface area contributed by atoms with Crippen LogP contribution in [0.5, 0.6) is 0 Å². The lowest BCUT2D eigenvalue weighted by atomic mass is 10.1. The van der Waals surface area contributed by atoms with E-state index in [1.807, 2.05) is 0 Å². The van der Waals surface area contributed by atoms with Gasteiger partial charge < -0.3 is 21.3 Å². The normalized spacial score (nSPS) is 13.9. The number of carboxylic acids is 1. The average Bonchev–Trinajstić information content (AvgIpc) is 2.21. The van der Waals surface area contributed by atoms with Gasteiger partial charge in [0.2, 0.25) is 5.91 Å². The van der Waals surface area contributed by atoms with Gasteiger partial charge >= 0.3 is 5.97 Å². The molecule has 0 saturated carbocycles. The van der Waals surface area contributed by atoms with Crippen LogP contribution >= 0.6 is 0 Å². The van der Waals surface area contributed by atoms with Crippen molar-refractivity contribution in [3.8, 4) is 0 Å². The number of nitrogens with one attached hydrogen (secondary N) is 1. The van der Waals surface area contributed by atoms with Gasteiger partial charge in [0.25, 0.3) is 0 Å². The number of aliphatic carboxylic acids is 1. The number of amides is 1. The third-order valence-electron chi connectivity index (χ3n) is 2.00. The van der Waals surface area contributed by atoms with Crippen molar-refractivity contribution in [1.29, 1.82) is 0 Å². The summed E-state index contributed by atoms with van der Waals surface area (Å²) in [7, 11) is 0. The van der Waals surface area contributed by atoms with Crippen LogP contribution in [-0.2, 0) is 14.4 Å². The quantitative estimate of drug-likeness (QED) is 0.411. The molecule has 0 aliphatic heterocycles. The van der Waals surface area contributed by atoms with Crippen LogP contribution in [0.15, 0.2) is 0 Å². The molecule has 0 aromatic heterocycles. The number of ketones is 1. The monoisotopic (exact) mass is 232 g/mol. The Labute approximate surface area is 92.6 Å². The van der Waals surface area contributed by atoms with Crippen molar-refractivity contribution >= 4 is 17.7 Å². The number of aliphatic hydroxyl groups excluding tert-OH is 1. The fraction of sp³-hybridized carbons (Fsp3) is 0.667. The van der Waals surface area contributed by atoms with Crippen molar-refractivity contribution in [3.63, 3.8) is 0 Å². The molecule has 16 heavy (non-hydrogen) atoms. The van der Waals surface area contributed by atoms with Gasteiger partial charge in [-0.15, -0.1) is 0 Å². The Balaban J connectivity index is 4.13. The Morgan fingerprint density at radius 1 is 1.38 bits per heavy atom. The predicted octanol–water partition coefficient (Wildman–Crippen LogP) is -1.76. The highest BCUT2D eigenvalue weighted by atomic mass is 16.4. The summed E-state index contributed by atoms with van der Waals surface area (Å²) in [5.74, 6) is -2.08. The van der Waals surface area contributed by atoms with E-state index in [0.717, 1.165) is 0 Å². The molecule has 5 N–H and O–H groups in total. The largest absolute Gasteiger partial charge is 0.481 e. The van der Waals surface area contributed by atoms with Gasteiger partial charge in [0.15, 0.2) is 5.78 Å². The minimum atomic E-state index is -1.05. The number of carbonyl (C=O) groups is 3. The summed E-state index contributed by atoms with van der Waals surface area (Å²) in [6.07, 6.45) is -0.240. The predicted molar refractivity (Wildman–Crippen MR) is 54.5 cm³/mol. The number of hydrogen-bond acceptors (Lipinski definition) is 5. The topological polar surface area (TPSA) is 130 Å². The molecule has 0 aromatic rings. The number of Topliss-reactive ketones (excluding diaryl/α,β-unsaturated/α-hetero) is 1. The van der Waals surface area contributed by atoms with E-state index in [4.69, 9.17) is 15.9 Å². The molecule has 1 amide bonds. The Hall–Kier alpha value is -1.47. The zero-order chi connectivity index (χ0) is 12.7. The maximum Gasteiger partial charge on any atom is 0.303 e. The van der Waals surface area contributed by atoms with E-state index >= 15 is 0 Å². The molecule has 0 spiro atoms. The summed E-state index contributed by atoms with van der Waals surface area (Å²) in [6.45, 7) is 0.719. The van der Waals surface area contributed by atoms with Crippen molar-refractivity contribution in [2.24, 2.45) is 5.73 Å². The molecule has 0 rings (SSSR count). The maximum absolute atomic E-state index is 11.3. The minimum absolute atomic E-state index is 0.0166. The third kappa shape index (κ3) is 5.42. The van der Waals surface area contributed by atoms with Crippen molar-refractivity contribution in [3.05, 3.63) is 0 Å². The molecular weight excluding hydrogens is 216 g/mol. The van der Waals surface area contributed by atoms with Gasteiger partial charge in [-0.05, 0) is 13.3 Å². The first-order valence-corrected chi connectivity index (χ1v) is 4.77. The molecule has 0 unspecified atom stereocenters. The zero-order valence-corrected chi connectivity index (χ0v) is 8.97. The Bertz CT molecular complexity index is 279. The smallest absolute Gasteiger partial charge is 0.303 e. The first kappa shape index (κ1) is 14.5. The highest BCUT2D eigenvalue weighted by Gasteiger charge is 2.20. The second-order valence-corrected chi connectivity index (χ2v) is 3.39. The molecule has 0 radical (unpaired) electrons. The van der Waals surface area contributed by atoms with E-state index in [9.17, 15) is 14.4 Å². The van der Waals surface area contributed by atoms with E-state index in [1.165, 1.54) is 6.92 Å². The third-order valence-corrected chi connectivity index (χ3v) is 2.00. The molecule has 0 aromatic carbocycles. The fourth-order valence-corrected chi connectivity index (χ4v) is 0.965. The van der Waals surface area contributed by atoms with Crippen LogP contribution in [0, 0.1) is 0 Å². The first-order chi connectivity index (χ1) is 7.38. The van der Waals surface area contributed by atoms with Gasteiger partial charge in [-0.3, -0.25) is 14.4 Å². The Morgan fingerprint density at radius 3 is 2.31 bits per heavy atom. The van der Waals surface area contributed by atoms with Crippen LogP contribution in [-0.4, -0.2) is 46.6 Å². The first-order valence-electron chi connectivity index (χ1n) is 4.77. The second kappa shape index (κ2) is 6.91. The van der Waals surface area contributed by atoms with Crippen molar-refractivity contribution in [1.82, 2.24) is 5.32 Å². The average molecular weight is 232 g/mol. The Morgan fingerprint density at radius 2 is 1.94 bits per heavy atom. The van der Waals surface area contributed by atoms with Crippen molar-refractivity contribution < 1.29 is 24.6 Å². The van der Waals surface area contributed by atoms with Gasteiger partial charge in [0.1, 0.15) is 6.04 Å². The lowest BCUT2D eigenvalue weighted by Crippen LogP contribution is -2.49. The number of carboxylic acid groups (broad SMARTS) is 1. The highest BCUT2D eigenvalue weighted by molar-refractivity contribution is 5.89. The van der Waals surface area contributed by atoms with E-state index < -0.39 is 30.6 Å². The van der Waals surface area contributed by atoms with Crippen molar-refractivity contribution in [2.75, 3.05) is 6.61 Å². The standard InChI is InChI=1S/C9H16N2O5/c1-5(13)7(4-12)11-9(16)6(10)2-3-8(14)15/h6-7,12H,2-4,10H2,1H3,(H,11,16)(H,14,15)/t6-,7+/m0/s1. The summed E-state index contributed by atoms with van der Waals surface area (Å²) < 4.78 is 0. The van der Waals surface area contributed by atoms with Crippen LogP contribution in [0.1, 0.15) is 19.8 Å². The molecule has 0 aliphatic rings. The van der Waals surface area contributed by atoms with E-state index in [1.54, 1.807) is 0 Å². The highest BCUT2D eigenvalue weighted by Crippen LogP contribution is 1.96. The molecule has 0 aliphatic carbocycles. The molecular formula is C9H16N2O5. The number of hydrogen-bond donors (Lipinski definition) is 4. The van der Waals surface area contributed by atoms with E-state index in [0.29, 0.717) is 0 Å². The molecule has 0 saturated heterocycles. The molecule has 0 fully saturated rings. The second-order valence-electron chi connectivity index (χ2n) is 3.39. The van der Waals surface area contributed by atoms with Gasteiger partial charge in [0.05, 0.1) is 12.6 Å². The zero-order valence-electron chi connectivity index (χ0n) is 8.97. The van der Waals surface area contributed by atoms with Gasteiger partial charge in [0, 0.05) is 6.42 Å². The molecule has 0 bridgehead atoms. The number of rotatable bonds is 7. The van der Waals surface area contributed by atoms with Gasteiger partial charge in [-0.1, -0.05) is 0 Å². The summed E-state index contributed by atoms with van der Waals surface area (Å²) >= 11 is 0. The van der Waals surface area contributed by atoms with E-state index in [2.05, 4.69) is 5.32 Å². The minimum Gasteiger partial charge on any atom is -0.481 e. The summed E-state index contributed by atoms with van der Waals surface area (Å²) in [5, 5.41) is 19.4. The van der Waals surface area contributed by atoms with Crippen LogP contribution in [0.3, 0.4) is 0 Å². The summed E-state index contributed by atoms with van der Waals surface area (Å²) in [4.78, 5) is 32.5. The molecule has 0 heterocycles. The van der Waals surface area contributed by atoms with Crippen LogP contribution in [0.4, 0.5) is 0 Å². The van der Waals surface area contributed by atoms with E-state index in [-0.39, 0.29) is 18.6 Å². The molecule has 7 heteroatoms. The summed E-state index contributed by atoms with van der Waals surface area (Å²) in [5.41, 5.74) is 5.40. The van der Waals surface area contributed by atoms with Crippen molar-refractivity contribution in [2.45, 2.75) is 31.8 Å². The number of aliphatic hydroxyl groups is 1. The fourth-order valence-electron chi connectivity index (χ4n) is 0.965. The van der Waals surface area contributed by atoms with Gasteiger partial charge in [-0.2, -0.15) is 0 Å². The number of carbonyl (C=O) groups excluding carboxylic acids is 2. The SMILES string of the molecule is CC(=O)[C@@H](CO)NC(=O)[C@@H](N)CCC(=O)O. The van der Waals surface area contributed by atoms with Crippen LogP contribution < -0.4 is 11.1 Å². The van der Waals surface area contributed by atoms with Gasteiger partial charge in [-0.25, -0.2) is 0 Å². The molecule has 92 valence electrons. The molecule has 2 atom stereocenters. The number of nitrogens with two attached hydrogens (primary N) is 1. The van der Waals surface area contributed by atoms with Crippen LogP contribution in [0.2, 0.25) is 0 Å². The summed E-state index contributed by atoms with van der Waals surface area (Å²) in [6, 6.07) is -1.98. The molecule has 7 nitrogen and oxygen atoms in total. The van der Waals surface area contributed by atoms with Crippen LogP contribution in [0.25, 0.3) is 0 Å².